The molecule has 1 aliphatic heterocycles. The molecular formula is C17H22N4O2S. The van der Waals surface area contributed by atoms with Gasteiger partial charge in [0, 0.05) is 33.1 Å². The molecule has 0 aliphatic carbocycles. The van der Waals surface area contributed by atoms with Gasteiger partial charge < -0.3 is 15.1 Å². The summed E-state index contributed by atoms with van der Waals surface area (Å²) in [5, 5.41) is 3.71. The quantitative estimate of drug-likeness (QED) is 0.904. The zero-order valence-corrected chi connectivity index (χ0v) is 14.6. The van der Waals surface area contributed by atoms with Crippen molar-refractivity contribution >= 4 is 33.5 Å². The van der Waals surface area contributed by atoms with Gasteiger partial charge in [-0.05, 0) is 25.0 Å². The number of carbonyl (C=O) groups excluding carboxylic acids is 2. The van der Waals surface area contributed by atoms with Gasteiger partial charge in [-0.2, -0.15) is 0 Å². The van der Waals surface area contributed by atoms with Gasteiger partial charge in [0.25, 0.3) is 0 Å². The monoisotopic (exact) mass is 346 g/mol. The van der Waals surface area contributed by atoms with E-state index in [4.69, 9.17) is 0 Å². The molecule has 0 radical (unpaired) electrons. The number of amides is 3. The van der Waals surface area contributed by atoms with Crippen LogP contribution in [0.4, 0.5) is 4.79 Å². The maximum Gasteiger partial charge on any atom is 0.317 e. The van der Waals surface area contributed by atoms with Gasteiger partial charge in [0.15, 0.2) is 0 Å². The van der Waals surface area contributed by atoms with E-state index in [1.165, 1.54) is 0 Å². The van der Waals surface area contributed by atoms with Crippen LogP contribution in [0.1, 0.15) is 24.3 Å². The third kappa shape index (κ3) is 4.03. The molecule has 0 atom stereocenters. The second kappa shape index (κ2) is 7.61. The van der Waals surface area contributed by atoms with Crippen LogP contribution in [-0.2, 0) is 11.3 Å². The Morgan fingerprint density at radius 3 is 2.79 bits per heavy atom. The standard InChI is InChI=1S/C17H22N4O2S/c1-20(12-15-19-13-6-2-3-7-14(13)24-15)17(23)18-9-8-16(22)21-10-4-5-11-21/h2-3,6-7H,4-5,8-12H2,1H3,(H,18,23). The van der Waals surface area contributed by atoms with E-state index in [0.29, 0.717) is 19.5 Å². The van der Waals surface area contributed by atoms with Crippen molar-refractivity contribution < 1.29 is 9.59 Å². The van der Waals surface area contributed by atoms with Crippen LogP contribution < -0.4 is 5.32 Å². The van der Waals surface area contributed by atoms with Gasteiger partial charge in [0.2, 0.25) is 5.91 Å². The molecule has 2 heterocycles. The van der Waals surface area contributed by atoms with Crippen LogP contribution in [0, 0.1) is 0 Å². The minimum atomic E-state index is -0.177. The van der Waals surface area contributed by atoms with Crippen molar-refractivity contribution in [2.75, 3.05) is 26.7 Å². The van der Waals surface area contributed by atoms with Gasteiger partial charge in [0.1, 0.15) is 5.01 Å². The van der Waals surface area contributed by atoms with Crippen molar-refractivity contribution in [1.29, 1.82) is 0 Å². The first kappa shape index (κ1) is 16.7. The molecule has 7 heteroatoms. The first-order chi connectivity index (χ1) is 11.6. The van der Waals surface area contributed by atoms with Gasteiger partial charge in [-0.1, -0.05) is 12.1 Å². The van der Waals surface area contributed by atoms with Gasteiger partial charge in [-0.3, -0.25) is 4.79 Å². The average molecular weight is 346 g/mol. The molecule has 1 N–H and O–H groups in total. The summed E-state index contributed by atoms with van der Waals surface area (Å²) >= 11 is 1.59. The van der Waals surface area contributed by atoms with Gasteiger partial charge >= 0.3 is 6.03 Å². The van der Waals surface area contributed by atoms with Crippen LogP contribution in [0.5, 0.6) is 0 Å². The van der Waals surface area contributed by atoms with Crippen LogP contribution in [0.2, 0.25) is 0 Å². The predicted molar refractivity (Wildman–Crippen MR) is 94.9 cm³/mol. The lowest BCUT2D eigenvalue weighted by molar-refractivity contribution is -0.129. The molecule has 1 aromatic carbocycles. The fraction of sp³-hybridized carbons (Fsp3) is 0.471. The number of rotatable bonds is 5. The molecular weight excluding hydrogens is 324 g/mol. The van der Waals surface area contributed by atoms with Crippen molar-refractivity contribution in [3.05, 3.63) is 29.3 Å². The van der Waals surface area contributed by atoms with Crippen LogP contribution in [0.3, 0.4) is 0 Å². The number of fused-ring (bicyclic) bond motifs is 1. The number of hydrogen-bond donors (Lipinski definition) is 1. The Morgan fingerprint density at radius 2 is 2.04 bits per heavy atom. The molecule has 6 nitrogen and oxygen atoms in total. The first-order valence-corrected chi connectivity index (χ1v) is 9.06. The first-order valence-electron chi connectivity index (χ1n) is 8.24. The number of nitrogens with one attached hydrogen (secondary N) is 1. The van der Waals surface area contributed by atoms with Gasteiger partial charge in [-0.15, -0.1) is 11.3 Å². The van der Waals surface area contributed by atoms with E-state index in [9.17, 15) is 9.59 Å². The minimum absolute atomic E-state index is 0.127. The van der Waals surface area contributed by atoms with E-state index in [2.05, 4.69) is 10.3 Å². The number of nitrogens with zero attached hydrogens (tertiary/aromatic N) is 3. The molecule has 1 saturated heterocycles. The molecule has 2 aromatic rings. The van der Waals surface area contributed by atoms with Crippen molar-refractivity contribution in [2.24, 2.45) is 0 Å². The molecule has 0 saturated carbocycles. The molecule has 0 bridgehead atoms. The second-order valence-corrected chi connectivity index (χ2v) is 7.12. The lowest BCUT2D eigenvalue weighted by atomic mass is 10.3. The number of carbonyl (C=O) groups is 2. The van der Waals surface area contributed by atoms with Crippen molar-refractivity contribution in [3.63, 3.8) is 0 Å². The maximum absolute atomic E-state index is 12.1. The lowest BCUT2D eigenvalue weighted by Crippen LogP contribution is -2.39. The molecule has 24 heavy (non-hydrogen) atoms. The summed E-state index contributed by atoms with van der Waals surface area (Å²) in [4.78, 5) is 32.1. The lowest BCUT2D eigenvalue weighted by Gasteiger charge is -2.18. The number of likely N-dealkylation sites (tertiary alicyclic amines) is 1. The van der Waals surface area contributed by atoms with Gasteiger partial charge in [0.05, 0.1) is 16.8 Å². The fourth-order valence-electron chi connectivity index (χ4n) is 2.80. The minimum Gasteiger partial charge on any atom is -0.343 e. The van der Waals surface area contributed by atoms with E-state index in [1.807, 2.05) is 29.2 Å². The Balaban J connectivity index is 1.45. The summed E-state index contributed by atoms with van der Waals surface area (Å²) in [6, 6.07) is 7.76. The average Bonchev–Trinajstić information content (AvgIpc) is 3.23. The van der Waals surface area contributed by atoms with E-state index in [-0.39, 0.29) is 11.9 Å². The highest BCUT2D eigenvalue weighted by molar-refractivity contribution is 7.18. The number of benzene rings is 1. The highest BCUT2D eigenvalue weighted by atomic mass is 32.1. The molecule has 0 spiro atoms. The summed E-state index contributed by atoms with van der Waals surface area (Å²) in [5.41, 5.74) is 0.961. The topological polar surface area (TPSA) is 65.5 Å². The predicted octanol–water partition coefficient (Wildman–Crippen LogP) is 2.45. The van der Waals surface area contributed by atoms with Crippen LogP contribution in [-0.4, -0.2) is 53.4 Å². The third-order valence-electron chi connectivity index (χ3n) is 4.13. The number of para-hydroxylation sites is 1. The van der Waals surface area contributed by atoms with E-state index in [0.717, 1.165) is 41.2 Å². The number of urea groups is 1. The maximum atomic E-state index is 12.1. The smallest absolute Gasteiger partial charge is 0.317 e. The number of aromatic nitrogens is 1. The van der Waals surface area contributed by atoms with Crippen molar-refractivity contribution in [1.82, 2.24) is 20.1 Å². The molecule has 1 aliphatic rings. The molecule has 1 fully saturated rings. The van der Waals surface area contributed by atoms with Gasteiger partial charge in [-0.25, -0.2) is 9.78 Å². The number of thiazole rings is 1. The summed E-state index contributed by atoms with van der Waals surface area (Å²) in [6.07, 6.45) is 2.53. The Labute approximate surface area is 145 Å². The molecule has 3 rings (SSSR count). The fourth-order valence-corrected chi connectivity index (χ4v) is 3.82. The normalized spacial score (nSPS) is 14.1. The Hall–Kier alpha value is -2.15. The Bertz CT molecular complexity index is 691. The van der Waals surface area contributed by atoms with Crippen LogP contribution in [0.15, 0.2) is 24.3 Å². The zero-order valence-electron chi connectivity index (χ0n) is 13.8. The van der Waals surface area contributed by atoms with E-state index in [1.54, 1.807) is 23.3 Å². The molecule has 3 amide bonds. The highest BCUT2D eigenvalue weighted by Crippen LogP contribution is 2.22. The summed E-state index contributed by atoms with van der Waals surface area (Å²) < 4.78 is 1.12. The summed E-state index contributed by atoms with van der Waals surface area (Å²) in [6.45, 7) is 2.54. The Morgan fingerprint density at radius 1 is 1.29 bits per heavy atom. The van der Waals surface area contributed by atoms with E-state index < -0.39 is 0 Å². The largest absolute Gasteiger partial charge is 0.343 e. The number of hydrogen-bond acceptors (Lipinski definition) is 4. The SMILES string of the molecule is CN(Cc1nc2ccccc2s1)C(=O)NCCC(=O)N1CCCC1. The van der Waals surface area contributed by atoms with Crippen molar-refractivity contribution in [3.8, 4) is 0 Å². The third-order valence-corrected chi connectivity index (χ3v) is 5.15. The highest BCUT2D eigenvalue weighted by Gasteiger charge is 2.18. The summed E-state index contributed by atoms with van der Waals surface area (Å²) in [5.74, 6) is 0.127. The zero-order chi connectivity index (χ0) is 16.9. The molecule has 0 unspecified atom stereocenters. The summed E-state index contributed by atoms with van der Waals surface area (Å²) in [7, 11) is 1.74. The Kier molecular flexibility index (Phi) is 5.30. The second-order valence-electron chi connectivity index (χ2n) is 6.00. The van der Waals surface area contributed by atoms with Crippen LogP contribution in [0.25, 0.3) is 10.2 Å². The molecule has 1 aromatic heterocycles. The van der Waals surface area contributed by atoms with Crippen LogP contribution >= 0.6 is 11.3 Å². The molecule has 128 valence electrons. The van der Waals surface area contributed by atoms with E-state index >= 15 is 0 Å². The van der Waals surface area contributed by atoms with Crippen molar-refractivity contribution in [2.45, 2.75) is 25.8 Å².